The van der Waals surface area contributed by atoms with Crippen LogP contribution in [0, 0.1) is 16.8 Å². The van der Waals surface area contributed by atoms with Crippen molar-refractivity contribution in [3.63, 3.8) is 0 Å². The van der Waals surface area contributed by atoms with Crippen molar-refractivity contribution in [3.8, 4) is 5.88 Å². The first-order valence-corrected chi connectivity index (χ1v) is 16.0. The van der Waals surface area contributed by atoms with Crippen molar-refractivity contribution < 1.29 is 36.6 Å². The summed E-state index contributed by atoms with van der Waals surface area (Å²) in [6.45, 7) is 1.57. The van der Waals surface area contributed by atoms with Gasteiger partial charge in [-0.25, -0.2) is 26.9 Å². The number of hydrogen-bond donors (Lipinski definition) is 2. The molecule has 0 spiro atoms. The zero-order chi connectivity index (χ0) is 33.4. The van der Waals surface area contributed by atoms with Gasteiger partial charge in [0.1, 0.15) is 29.9 Å². The Morgan fingerprint density at radius 1 is 1.11 bits per heavy atom. The number of sulfone groups is 1. The number of likely N-dealkylation sites (N-methyl/N-ethyl adjacent to an activating group) is 1. The Morgan fingerprint density at radius 3 is 2.55 bits per heavy atom. The Hall–Kier alpha value is -4.77. The molecule has 13 nitrogen and oxygen atoms in total. The minimum absolute atomic E-state index is 0.0314. The zero-order valence-corrected chi connectivity index (χ0v) is 26.2. The van der Waals surface area contributed by atoms with Gasteiger partial charge in [-0.05, 0) is 54.2 Å². The lowest BCUT2D eigenvalue weighted by Crippen LogP contribution is -2.43. The summed E-state index contributed by atoms with van der Waals surface area (Å²) in [7, 11) is -2.39. The summed E-state index contributed by atoms with van der Waals surface area (Å²) in [6, 6.07) is 18.4. The van der Waals surface area contributed by atoms with Gasteiger partial charge in [-0.3, -0.25) is 9.53 Å². The van der Waals surface area contributed by atoms with Crippen LogP contribution in [0.15, 0.2) is 100 Å². The van der Waals surface area contributed by atoms with Crippen LogP contribution in [0.25, 0.3) is 0 Å². The molecule has 0 radical (unpaired) electrons. The van der Waals surface area contributed by atoms with Crippen LogP contribution in [-0.4, -0.2) is 65.1 Å². The molecule has 0 saturated heterocycles. The van der Waals surface area contributed by atoms with Crippen molar-refractivity contribution in [2.75, 3.05) is 26.7 Å². The average molecular weight is 670 g/mol. The van der Waals surface area contributed by atoms with Crippen LogP contribution in [0.2, 0.25) is 0 Å². The number of aromatic nitrogens is 5. The van der Waals surface area contributed by atoms with Crippen LogP contribution in [0.4, 0.5) is 8.78 Å². The smallest absolute Gasteiger partial charge is 0.414 e. The SMILES string of the molecule is CN(Cc1ccc(CNCCCOc2no[n+]([O-])c2S(=O)(=O)c2ccccc2)cc1)CC(O)(Cn1cncn1)c1ccc(F)cc1F. The molecule has 0 aliphatic heterocycles. The molecule has 0 aliphatic rings. The molecule has 2 N–H and O–H groups in total. The van der Waals surface area contributed by atoms with Gasteiger partial charge < -0.3 is 20.4 Å². The van der Waals surface area contributed by atoms with E-state index in [1.54, 1.807) is 13.1 Å². The highest BCUT2D eigenvalue weighted by Gasteiger charge is 2.36. The van der Waals surface area contributed by atoms with E-state index in [1.807, 2.05) is 29.2 Å². The molecule has 5 rings (SSSR count). The number of ether oxygens (including phenoxy) is 1. The molecule has 47 heavy (non-hydrogen) atoms. The molecular formula is C31H33F2N7O6S. The van der Waals surface area contributed by atoms with E-state index in [1.165, 1.54) is 47.7 Å². The number of rotatable bonds is 16. The average Bonchev–Trinajstić information content (AvgIpc) is 3.69. The van der Waals surface area contributed by atoms with Gasteiger partial charge in [-0.15, -0.1) is 0 Å². The normalized spacial score (nSPS) is 13.1. The van der Waals surface area contributed by atoms with Gasteiger partial charge in [0.05, 0.1) is 23.2 Å². The minimum Gasteiger partial charge on any atom is -0.454 e. The van der Waals surface area contributed by atoms with Crippen LogP contribution in [0.3, 0.4) is 0 Å². The fourth-order valence-corrected chi connectivity index (χ4v) is 6.38. The lowest BCUT2D eigenvalue weighted by Gasteiger charge is -2.33. The molecule has 0 saturated carbocycles. The van der Waals surface area contributed by atoms with E-state index in [4.69, 9.17) is 4.74 Å². The van der Waals surface area contributed by atoms with Crippen molar-refractivity contribution in [1.82, 2.24) is 30.1 Å². The van der Waals surface area contributed by atoms with E-state index in [-0.39, 0.29) is 35.1 Å². The van der Waals surface area contributed by atoms with Gasteiger partial charge in [0.15, 0.2) is 0 Å². The summed E-state index contributed by atoms with van der Waals surface area (Å²) in [5.74, 6) is -1.98. The van der Waals surface area contributed by atoms with E-state index >= 15 is 0 Å². The maximum absolute atomic E-state index is 14.7. The van der Waals surface area contributed by atoms with E-state index in [9.17, 15) is 27.5 Å². The minimum atomic E-state index is -4.18. The standard InChI is InChI=1S/C31H33F2N7O6S/c1-38(19-31(41,20-39-22-35-21-36-39)27-13-12-25(32)16-28(27)33)18-24-10-8-23(9-11-24)17-34-14-5-15-45-29-30(40(42)46-37-29)47(43,44)26-6-3-2-4-7-26/h2-4,6-13,16,21-22,34,41H,5,14-15,17-20H2,1H3. The Bertz CT molecular complexity index is 1860. The number of benzene rings is 3. The Kier molecular flexibility index (Phi) is 10.6. The van der Waals surface area contributed by atoms with Crippen molar-refractivity contribution in [3.05, 3.63) is 119 Å². The van der Waals surface area contributed by atoms with Crippen molar-refractivity contribution in [2.24, 2.45) is 0 Å². The third-order valence-corrected chi connectivity index (χ3v) is 8.98. The quantitative estimate of drug-likeness (QED) is 0.117. The summed E-state index contributed by atoms with van der Waals surface area (Å²) in [6.07, 6.45) is 3.22. The van der Waals surface area contributed by atoms with E-state index in [0.717, 1.165) is 23.3 Å². The maximum Gasteiger partial charge on any atom is 0.414 e. The first kappa shape index (κ1) is 33.6. The van der Waals surface area contributed by atoms with Gasteiger partial charge in [-0.2, -0.15) is 5.10 Å². The van der Waals surface area contributed by atoms with Crippen molar-refractivity contribution >= 4 is 9.84 Å². The third kappa shape index (κ3) is 8.34. The first-order valence-electron chi connectivity index (χ1n) is 14.6. The molecule has 3 aromatic carbocycles. The van der Waals surface area contributed by atoms with Crippen LogP contribution in [-0.2, 0) is 35.1 Å². The number of hydrogen-bond acceptors (Lipinski definition) is 11. The first-order chi connectivity index (χ1) is 22.5. The molecule has 2 aromatic heterocycles. The van der Waals surface area contributed by atoms with Gasteiger partial charge in [-0.1, -0.05) is 48.5 Å². The molecule has 0 aliphatic carbocycles. The van der Waals surface area contributed by atoms with Gasteiger partial charge in [0.2, 0.25) is 0 Å². The number of nitrogens with one attached hydrogen (secondary N) is 1. The summed E-state index contributed by atoms with van der Waals surface area (Å²) in [5, 5.41) is 33.6. The fourth-order valence-electron chi connectivity index (χ4n) is 5.09. The molecule has 0 fully saturated rings. The van der Waals surface area contributed by atoms with Crippen molar-refractivity contribution in [1.29, 1.82) is 0 Å². The van der Waals surface area contributed by atoms with Gasteiger partial charge in [0, 0.05) is 31.3 Å². The Balaban J connectivity index is 1.09. The lowest BCUT2D eigenvalue weighted by atomic mass is 9.92. The summed E-state index contributed by atoms with van der Waals surface area (Å²) in [5.41, 5.74) is 0.209. The molecule has 2 heterocycles. The van der Waals surface area contributed by atoms with Crippen LogP contribution < -0.4 is 15.0 Å². The Morgan fingerprint density at radius 2 is 1.85 bits per heavy atom. The van der Waals surface area contributed by atoms with Crippen molar-refractivity contribution in [2.45, 2.75) is 41.6 Å². The van der Waals surface area contributed by atoms with Crippen LogP contribution >= 0.6 is 0 Å². The highest BCUT2D eigenvalue weighted by molar-refractivity contribution is 7.91. The highest BCUT2D eigenvalue weighted by atomic mass is 32.2. The number of aliphatic hydroxyl groups is 1. The molecule has 248 valence electrons. The Labute approximate surface area is 269 Å². The number of nitrogens with zero attached hydrogens (tertiary/aromatic N) is 6. The fraction of sp³-hybridized carbons (Fsp3) is 0.290. The van der Waals surface area contributed by atoms with E-state index in [0.29, 0.717) is 26.1 Å². The van der Waals surface area contributed by atoms with Gasteiger partial charge >= 0.3 is 10.9 Å². The second-order valence-corrected chi connectivity index (χ2v) is 12.8. The lowest BCUT2D eigenvalue weighted by molar-refractivity contribution is -0.832. The summed E-state index contributed by atoms with van der Waals surface area (Å²) in [4.78, 5) is 5.47. The highest BCUT2D eigenvalue weighted by Crippen LogP contribution is 2.28. The molecule has 0 bridgehead atoms. The molecule has 1 atom stereocenters. The predicted octanol–water partition coefficient (Wildman–Crippen LogP) is 2.59. The van der Waals surface area contributed by atoms with E-state index < -0.39 is 38.0 Å². The van der Waals surface area contributed by atoms with E-state index in [2.05, 4.69) is 25.2 Å². The van der Waals surface area contributed by atoms with Gasteiger partial charge in [0.25, 0.3) is 9.84 Å². The second-order valence-electron chi connectivity index (χ2n) is 11.0. The topological polar surface area (TPSA) is 163 Å². The summed E-state index contributed by atoms with van der Waals surface area (Å²) >= 11 is 0. The van der Waals surface area contributed by atoms with Crippen LogP contribution in [0.1, 0.15) is 23.1 Å². The van der Waals surface area contributed by atoms with Crippen LogP contribution in [0.5, 0.6) is 5.88 Å². The molecule has 1 unspecified atom stereocenters. The monoisotopic (exact) mass is 669 g/mol. The molecule has 5 aromatic rings. The summed E-state index contributed by atoms with van der Waals surface area (Å²) < 4.78 is 65.4. The molecule has 0 amide bonds. The second kappa shape index (κ2) is 14.8. The third-order valence-electron chi connectivity index (χ3n) is 7.25. The zero-order valence-electron chi connectivity index (χ0n) is 25.4. The maximum atomic E-state index is 14.7. The molecular weight excluding hydrogens is 636 g/mol. The predicted molar refractivity (Wildman–Crippen MR) is 162 cm³/mol. The molecule has 16 heteroatoms. The number of halogens is 2. The largest absolute Gasteiger partial charge is 0.454 e.